The molecule has 1 amide bonds. The van der Waals surface area contributed by atoms with Gasteiger partial charge in [0.15, 0.2) is 6.61 Å². The third-order valence-electron chi connectivity index (χ3n) is 5.16. The third-order valence-corrected chi connectivity index (χ3v) is 5.16. The average Bonchev–Trinajstić information content (AvgIpc) is 2.74. The average molecular weight is 382 g/mol. The van der Waals surface area contributed by atoms with E-state index in [4.69, 9.17) is 4.74 Å². The van der Waals surface area contributed by atoms with E-state index in [2.05, 4.69) is 53.2 Å². The molecule has 28 heavy (non-hydrogen) atoms. The summed E-state index contributed by atoms with van der Waals surface area (Å²) in [6.45, 7) is 9.98. The number of hydrogen-bond acceptors (Lipinski definition) is 4. The summed E-state index contributed by atoms with van der Waals surface area (Å²) in [6, 6.07) is 18.5. The van der Waals surface area contributed by atoms with Gasteiger partial charge in [0.2, 0.25) is 0 Å². The maximum absolute atomic E-state index is 12.0. The summed E-state index contributed by atoms with van der Waals surface area (Å²) in [5, 5.41) is 2.95. The smallest absolute Gasteiger partial charge is 0.257 e. The lowest BCUT2D eigenvalue weighted by molar-refractivity contribution is -0.123. The molecule has 0 aromatic heterocycles. The first-order valence-corrected chi connectivity index (χ1v) is 10.1. The maximum Gasteiger partial charge on any atom is 0.257 e. The molecule has 3 rings (SSSR count). The Labute approximate surface area is 168 Å². The lowest BCUT2D eigenvalue weighted by Crippen LogP contribution is -2.48. The summed E-state index contributed by atoms with van der Waals surface area (Å²) in [4.78, 5) is 16.8. The number of hydrogen-bond donors (Lipinski definition) is 1. The van der Waals surface area contributed by atoms with Crippen LogP contribution in [0.25, 0.3) is 0 Å². The van der Waals surface area contributed by atoms with Gasteiger partial charge in [0.1, 0.15) is 5.75 Å². The van der Waals surface area contributed by atoms with Gasteiger partial charge in [-0.2, -0.15) is 0 Å². The van der Waals surface area contributed by atoms with Crippen molar-refractivity contribution in [3.05, 3.63) is 60.2 Å². The number of amides is 1. The number of nitrogens with one attached hydrogen (secondary N) is 1. The molecule has 2 aromatic rings. The second-order valence-corrected chi connectivity index (χ2v) is 7.53. The normalized spacial score (nSPS) is 14.9. The zero-order valence-corrected chi connectivity index (χ0v) is 16.9. The number of para-hydroxylation sites is 1. The van der Waals surface area contributed by atoms with E-state index in [0.717, 1.165) is 38.5 Å². The van der Waals surface area contributed by atoms with Crippen LogP contribution in [-0.4, -0.2) is 56.7 Å². The molecule has 0 aliphatic carbocycles. The highest BCUT2D eigenvalue weighted by molar-refractivity contribution is 5.77. The van der Waals surface area contributed by atoms with E-state index in [1.165, 1.54) is 11.3 Å². The predicted octanol–water partition coefficient (Wildman–Crippen LogP) is 3.13. The number of benzene rings is 2. The number of ether oxygens (including phenoxy) is 1. The fourth-order valence-electron chi connectivity index (χ4n) is 3.37. The summed E-state index contributed by atoms with van der Waals surface area (Å²) in [5.74, 6) is 1.15. The minimum Gasteiger partial charge on any atom is -0.484 e. The van der Waals surface area contributed by atoms with E-state index in [9.17, 15) is 4.79 Å². The summed E-state index contributed by atoms with van der Waals surface area (Å²) in [6.07, 6.45) is 0. The van der Waals surface area contributed by atoms with Crippen molar-refractivity contribution in [1.82, 2.24) is 10.2 Å². The van der Waals surface area contributed by atoms with Crippen LogP contribution in [0.2, 0.25) is 0 Å². The molecule has 1 N–H and O–H groups in total. The van der Waals surface area contributed by atoms with Gasteiger partial charge in [0.25, 0.3) is 5.91 Å². The quantitative estimate of drug-likeness (QED) is 0.763. The molecule has 1 fully saturated rings. The number of rotatable bonds is 8. The Morgan fingerprint density at radius 3 is 2.32 bits per heavy atom. The van der Waals surface area contributed by atoms with Crippen molar-refractivity contribution in [2.24, 2.45) is 0 Å². The van der Waals surface area contributed by atoms with E-state index in [-0.39, 0.29) is 12.5 Å². The van der Waals surface area contributed by atoms with Crippen LogP contribution < -0.4 is 15.0 Å². The molecule has 0 atom stereocenters. The first-order chi connectivity index (χ1) is 13.6. The van der Waals surface area contributed by atoms with Crippen LogP contribution in [-0.2, 0) is 4.79 Å². The standard InChI is InChI=1S/C23H31N3O2/c1-19(2)20-8-10-22(11-9-20)28-18-23(27)24-12-13-25-14-16-26(17-15-25)21-6-4-3-5-7-21/h3-11,19H,12-18H2,1-2H3,(H,24,27). The summed E-state index contributed by atoms with van der Waals surface area (Å²) in [5.41, 5.74) is 2.55. The fourth-order valence-corrected chi connectivity index (χ4v) is 3.37. The van der Waals surface area contributed by atoms with Crippen molar-refractivity contribution >= 4 is 11.6 Å². The lowest BCUT2D eigenvalue weighted by Gasteiger charge is -2.36. The molecule has 0 spiro atoms. The summed E-state index contributed by atoms with van der Waals surface area (Å²) in [7, 11) is 0. The molecule has 150 valence electrons. The van der Waals surface area contributed by atoms with Crippen molar-refractivity contribution in [2.75, 3.05) is 50.8 Å². The molecule has 0 unspecified atom stereocenters. The molecular weight excluding hydrogens is 350 g/mol. The van der Waals surface area contributed by atoms with Gasteiger partial charge >= 0.3 is 0 Å². The van der Waals surface area contributed by atoms with Crippen LogP contribution >= 0.6 is 0 Å². The molecule has 1 saturated heterocycles. The van der Waals surface area contributed by atoms with Gasteiger partial charge in [0, 0.05) is 45.0 Å². The Balaban J connectivity index is 1.30. The van der Waals surface area contributed by atoms with Crippen LogP contribution in [0.4, 0.5) is 5.69 Å². The van der Waals surface area contributed by atoms with E-state index >= 15 is 0 Å². The number of piperazine rings is 1. The summed E-state index contributed by atoms with van der Waals surface area (Å²) < 4.78 is 5.58. The Bertz CT molecular complexity index is 723. The zero-order chi connectivity index (χ0) is 19.8. The van der Waals surface area contributed by atoms with E-state index < -0.39 is 0 Å². The van der Waals surface area contributed by atoms with Crippen LogP contribution in [0.5, 0.6) is 5.75 Å². The minimum absolute atomic E-state index is 0.0583. The van der Waals surface area contributed by atoms with Crippen molar-refractivity contribution in [1.29, 1.82) is 0 Å². The highest BCUT2D eigenvalue weighted by atomic mass is 16.5. The Hall–Kier alpha value is -2.53. The molecule has 5 nitrogen and oxygen atoms in total. The number of carbonyl (C=O) groups excluding carboxylic acids is 1. The van der Waals surface area contributed by atoms with Gasteiger partial charge in [-0.05, 0) is 35.7 Å². The van der Waals surface area contributed by atoms with Gasteiger partial charge in [-0.25, -0.2) is 0 Å². The predicted molar refractivity (Wildman–Crippen MR) is 114 cm³/mol. The second kappa shape index (κ2) is 10.1. The first kappa shape index (κ1) is 20.2. The number of carbonyl (C=O) groups is 1. The maximum atomic E-state index is 12.0. The van der Waals surface area contributed by atoms with Crippen LogP contribution in [0.15, 0.2) is 54.6 Å². The van der Waals surface area contributed by atoms with Crippen LogP contribution in [0.1, 0.15) is 25.3 Å². The van der Waals surface area contributed by atoms with Crippen molar-refractivity contribution in [2.45, 2.75) is 19.8 Å². The monoisotopic (exact) mass is 381 g/mol. The molecule has 0 bridgehead atoms. The number of nitrogens with zero attached hydrogens (tertiary/aromatic N) is 2. The molecule has 1 aliphatic heterocycles. The largest absolute Gasteiger partial charge is 0.484 e. The zero-order valence-electron chi connectivity index (χ0n) is 16.9. The highest BCUT2D eigenvalue weighted by Gasteiger charge is 2.16. The summed E-state index contributed by atoms with van der Waals surface area (Å²) >= 11 is 0. The van der Waals surface area contributed by atoms with Gasteiger partial charge in [-0.3, -0.25) is 9.69 Å². The third kappa shape index (κ3) is 5.99. The molecule has 5 heteroatoms. The molecule has 2 aromatic carbocycles. The SMILES string of the molecule is CC(C)c1ccc(OCC(=O)NCCN2CCN(c3ccccc3)CC2)cc1. The highest BCUT2D eigenvalue weighted by Crippen LogP contribution is 2.18. The Kier molecular flexibility index (Phi) is 7.31. The fraction of sp³-hybridized carbons (Fsp3) is 0.435. The molecule has 1 aliphatic rings. The van der Waals surface area contributed by atoms with Crippen LogP contribution in [0.3, 0.4) is 0 Å². The van der Waals surface area contributed by atoms with E-state index in [1.807, 2.05) is 30.3 Å². The van der Waals surface area contributed by atoms with Gasteiger partial charge in [-0.15, -0.1) is 0 Å². The van der Waals surface area contributed by atoms with Crippen molar-refractivity contribution in [3.8, 4) is 5.75 Å². The molecule has 0 saturated carbocycles. The number of anilines is 1. The second-order valence-electron chi connectivity index (χ2n) is 7.53. The van der Waals surface area contributed by atoms with Gasteiger partial charge in [0.05, 0.1) is 0 Å². The molecule has 1 heterocycles. The van der Waals surface area contributed by atoms with E-state index in [0.29, 0.717) is 12.5 Å². The molecular formula is C23H31N3O2. The lowest BCUT2D eigenvalue weighted by atomic mass is 10.0. The van der Waals surface area contributed by atoms with Crippen molar-refractivity contribution < 1.29 is 9.53 Å². The van der Waals surface area contributed by atoms with Gasteiger partial charge < -0.3 is 15.0 Å². The van der Waals surface area contributed by atoms with E-state index in [1.54, 1.807) is 0 Å². The van der Waals surface area contributed by atoms with Gasteiger partial charge in [-0.1, -0.05) is 44.2 Å². The van der Waals surface area contributed by atoms with Crippen LogP contribution in [0, 0.1) is 0 Å². The Morgan fingerprint density at radius 1 is 1.00 bits per heavy atom. The molecule has 0 radical (unpaired) electrons. The Morgan fingerprint density at radius 2 is 1.68 bits per heavy atom. The first-order valence-electron chi connectivity index (χ1n) is 10.1. The topological polar surface area (TPSA) is 44.8 Å². The minimum atomic E-state index is -0.0733. The van der Waals surface area contributed by atoms with Crippen molar-refractivity contribution in [3.63, 3.8) is 0 Å².